The van der Waals surface area contributed by atoms with Gasteiger partial charge in [0.25, 0.3) is 0 Å². The Labute approximate surface area is 148 Å². The molecule has 0 unspecified atom stereocenters. The highest BCUT2D eigenvalue weighted by Crippen LogP contribution is 2.25. The highest BCUT2D eigenvalue weighted by Gasteiger charge is 2.30. The van der Waals surface area contributed by atoms with Crippen LogP contribution in [0, 0.1) is 0 Å². The van der Waals surface area contributed by atoms with Gasteiger partial charge in [-0.3, -0.25) is 4.79 Å². The Morgan fingerprint density at radius 3 is 3.00 bits per heavy atom. The summed E-state index contributed by atoms with van der Waals surface area (Å²) in [6.07, 6.45) is 6.41. The van der Waals surface area contributed by atoms with Crippen LogP contribution in [0.5, 0.6) is 5.75 Å². The topological polar surface area (TPSA) is 59.4 Å². The predicted octanol–water partition coefficient (Wildman–Crippen LogP) is 2.37. The van der Waals surface area contributed by atoms with Crippen molar-refractivity contribution in [3.8, 4) is 11.4 Å². The van der Waals surface area contributed by atoms with Crippen LogP contribution < -0.4 is 10.1 Å². The van der Waals surface area contributed by atoms with E-state index in [1.54, 1.807) is 7.11 Å². The number of ether oxygens (including phenoxy) is 1. The van der Waals surface area contributed by atoms with Gasteiger partial charge in [0.05, 0.1) is 13.3 Å². The number of hydrogen-bond acceptors (Lipinski definition) is 4. The fourth-order valence-electron chi connectivity index (χ4n) is 3.35. The number of carbonyl (C=O) groups is 1. The number of amides is 1. The Morgan fingerprint density at radius 2 is 2.20 bits per heavy atom. The van der Waals surface area contributed by atoms with E-state index in [-0.39, 0.29) is 5.91 Å². The Kier molecular flexibility index (Phi) is 5.71. The lowest BCUT2D eigenvalue weighted by Gasteiger charge is -2.24. The largest absolute Gasteiger partial charge is 0.494 e. The molecule has 1 aromatic heterocycles. The fourth-order valence-corrected chi connectivity index (χ4v) is 3.35. The van der Waals surface area contributed by atoms with Crippen LogP contribution in [-0.4, -0.2) is 46.8 Å². The number of para-hydroxylation sites is 2. The van der Waals surface area contributed by atoms with Crippen LogP contribution in [-0.2, 0) is 11.3 Å². The van der Waals surface area contributed by atoms with Gasteiger partial charge in [0, 0.05) is 30.8 Å². The van der Waals surface area contributed by atoms with Crippen LogP contribution in [0.15, 0.2) is 36.7 Å². The average Bonchev–Trinajstić information content (AvgIpc) is 3.24. The van der Waals surface area contributed by atoms with E-state index in [4.69, 9.17) is 4.74 Å². The second-order valence-electron chi connectivity index (χ2n) is 6.32. The quantitative estimate of drug-likeness (QED) is 0.748. The molecule has 1 amide bonds. The molecule has 1 N–H and O–H groups in total. The smallest absolute Gasteiger partial charge is 0.223 e. The van der Waals surface area contributed by atoms with Crippen molar-refractivity contribution in [2.75, 3.05) is 20.2 Å². The van der Waals surface area contributed by atoms with Crippen molar-refractivity contribution >= 4 is 5.91 Å². The summed E-state index contributed by atoms with van der Waals surface area (Å²) in [5.74, 6) is 1.02. The molecule has 0 radical (unpaired) electrons. The molecule has 3 rings (SSSR count). The van der Waals surface area contributed by atoms with Crippen molar-refractivity contribution in [3.05, 3.63) is 42.2 Å². The SMILES string of the molecule is CCNCC[C@H]1CCC(=O)N1Cc1cnn(-c2ccccc2OC)c1. The van der Waals surface area contributed by atoms with Crippen molar-refractivity contribution in [1.82, 2.24) is 20.0 Å². The number of aromatic nitrogens is 2. The highest BCUT2D eigenvalue weighted by atomic mass is 16.5. The molecule has 1 aromatic carbocycles. The predicted molar refractivity (Wildman–Crippen MR) is 96.8 cm³/mol. The van der Waals surface area contributed by atoms with Crippen LogP contribution in [0.3, 0.4) is 0 Å². The summed E-state index contributed by atoms with van der Waals surface area (Å²) in [5.41, 5.74) is 1.93. The zero-order chi connectivity index (χ0) is 17.6. The summed E-state index contributed by atoms with van der Waals surface area (Å²) in [7, 11) is 1.65. The molecule has 1 aliphatic rings. The van der Waals surface area contributed by atoms with Crippen molar-refractivity contribution in [1.29, 1.82) is 0 Å². The number of nitrogens with zero attached hydrogens (tertiary/aromatic N) is 3. The molecular formula is C19H26N4O2. The first-order valence-electron chi connectivity index (χ1n) is 8.90. The number of benzene rings is 1. The summed E-state index contributed by atoms with van der Waals surface area (Å²) in [4.78, 5) is 14.3. The van der Waals surface area contributed by atoms with E-state index in [1.165, 1.54) is 0 Å². The number of rotatable bonds is 8. The summed E-state index contributed by atoms with van der Waals surface area (Å²) < 4.78 is 7.21. The maximum absolute atomic E-state index is 12.3. The molecule has 0 bridgehead atoms. The van der Waals surface area contributed by atoms with Crippen molar-refractivity contribution < 1.29 is 9.53 Å². The van der Waals surface area contributed by atoms with E-state index in [2.05, 4.69) is 17.3 Å². The Balaban J connectivity index is 1.70. The van der Waals surface area contributed by atoms with Crippen LogP contribution in [0.2, 0.25) is 0 Å². The summed E-state index contributed by atoms with van der Waals surface area (Å²) in [5, 5.41) is 7.79. The van der Waals surface area contributed by atoms with Gasteiger partial charge in [0.15, 0.2) is 0 Å². The van der Waals surface area contributed by atoms with E-state index in [0.29, 0.717) is 19.0 Å². The zero-order valence-electron chi connectivity index (χ0n) is 14.9. The van der Waals surface area contributed by atoms with Crippen molar-refractivity contribution in [2.24, 2.45) is 0 Å². The summed E-state index contributed by atoms with van der Waals surface area (Å²) in [6, 6.07) is 8.10. The minimum Gasteiger partial charge on any atom is -0.494 e. The van der Waals surface area contributed by atoms with Gasteiger partial charge < -0.3 is 15.0 Å². The molecule has 2 heterocycles. The van der Waals surface area contributed by atoms with E-state index < -0.39 is 0 Å². The van der Waals surface area contributed by atoms with Gasteiger partial charge in [-0.2, -0.15) is 5.10 Å². The Bertz CT molecular complexity index is 713. The minimum atomic E-state index is 0.242. The molecule has 134 valence electrons. The maximum atomic E-state index is 12.3. The Hall–Kier alpha value is -2.34. The van der Waals surface area contributed by atoms with Crippen molar-refractivity contribution in [3.63, 3.8) is 0 Å². The lowest BCUT2D eigenvalue weighted by Crippen LogP contribution is -2.34. The summed E-state index contributed by atoms with van der Waals surface area (Å²) in [6.45, 7) is 4.63. The average molecular weight is 342 g/mol. The van der Waals surface area contributed by atoms with Crippen LogP contribution in [0.4, 0.5) is 0 Å². The third-order valence-corrected chi connectivity index (χ3v) is 4.68. The van der Waals surface area contributed by atoms with Gasteiger partial charge in [0.2, 0.25) is 5.91 Å². The van der Waals surface area contributed by atoms with Crippen LogP contribution >= 0.6 is 0 Å². The van der Waals surface area contributed by atoms with Crippen LogP contribution in [0.25, 0.3) is 5.69 Å². The number of nitrogens with one attached hydrogen (secondary N) is 1. The lowest BCUT2D eigenvalue weighted by molar-refractivity contribution is -0.129. The second kappa shape index (κ2) is 8.16. The first-order valence-corrected chi connectivity index (χ1v) is 8.90. The molecule has 0 saturated carbocycles. The standard InChI is InChI=1S/C19H26N4O2/c1-3-20-11-10-16-8-9-19(24)22(16)13-15-12-21-23(14-15)17-6-4-5-7-18(17)25-2/h4-7,12,14,16,20H,3,8-11,13H2,1-2H3/t16-/m1/s1. The third-order valence-electron chi connectivity index (χ3n) is 4.68. The van der Waals surface area contributed by atoms with E-state index in [0.717, 1.165) is 42.9 Å². The van der Waals surface area contributed by atoms with Gasteiger partial charge in [0.1, 0.15) is 11.4 Å². The first kappa shape index (κ1) is 17.5. The van der Waals surface area contributed by atoms with Gasteiger partial charge in [-0.1, -0.05) is 19.1 Å². The minimum absolute atomic E-state index is 0.242. The van der Waals surface area contributed by atoms with Gasteiger partial charge in [-0.05, 0) is 38.1 Å². The normalized spacial score (nSPS) is 17.3. The lowest BCUT2D eigenvalue weighted by atomic mass is 10.1. The number of carbonyl (C=O) groups excluding carboxylic acids is 1. The van der Waals surface area contributed by atoms with Gasteiger partial charge in [-0.15, -0.1) is 0 Å². The highest BCUT2D eigenvalue weighted by molar-refractivity contribution is 5.78. The van der Waals surface area contributed by atoms with Crippen molar-refractivity contribution in [2.45, 2.75) is 38.8 Å². The number of likely N-dealkylation sites (tertiary alicyclic amines) is 1. The molecule has 1 aliphatic heterocycles. The van der Waals surface area contributed by atoms with Crippen LogP contribution in [0.1, 0.15) is 31.7 Å². The molecule has 0 spiro atoms. The van der Waals surface area contributed by atoms with Gasteiger partial charge >= 0.3 is 0 Å². The summed E-state index contributed by atoms with van der Waals surface area (Å²) >= 11 is 0. The molecule has 25 heavy (non-hydrogen) atoms. The number of methoxy groups -OCH3 is 1. The molecule has 1 saturated heterocycles. The molecule has 6 heteroatoms. The molecule has 1 atom stereocenters. The Morgan fingerprint density at radius 1 is 1.36 bits per heavy atom. The van der Waals surface area contributed by atoms with Gasteiger partial charge in [-0.25, -0.2) is 4.68 Å². The monoisotopic (exact) mass is 342 g/mol. The van der Waals surface area contributed by atoms with E-state index in [1.807, 2.05) is 46.2 Å². The second-order valence-corrected chi connectivity index (χ2v) is 6.32. The first-order chi connectivity index (χ1) is 12.2. The number of hydrogen-bond donors (Lipinski definition) is 1. The molecule has 6 nitrogen and oxygen atoms in total. The third kappa shape index (κ3) is 4.02. The van der Waals surface area contributed by atoms with E-state index in [9.17, 15) is 4.79 Å². The molecule has 0 aliphatic carbocycles. The van der Waals surface area contributed by atoms with E-state index >= 15 is 0 Å². The fraction of sp³-hybridized carbons (Fsp3) is 0.474. The molecule has 2 aromatic rings. The zero-order valence-corrected chi connectivity index (χ0v) is 14.9. The molecule has 1 fully saturated rings. The maximum Gasteiger partial charge on any atom is 0.223 e. The molecular weight excluding hydrogens is 316 g/mol.